The van der Waals surface area contributed by atoms with Crippen LogP contribution in [0.2, 0.25) is 0 Å². The summed E-state index contributed by atoms with van der Waals surface area (Å²) in [7, 11) is 0. The number of nitriles is 1. The van der Waals surface area contributed by atoms with Crippen LogP contribution >= 0.6 is 0 Å². The van der Waals surface area contributed by atoms with Gasteiger partial charge in [0.1, 0.15) is 11.9 Å². The predicted molar refractivity (Wildman–Crippen MR) is 144 cm³/mol. The lowest BCUT2D eigenvalue weighted by molar-refractivity contribution is 0.593. The highest BCUT2D eigenvalue weighted by Gasteiger charge is 2.30. The minimum absolute atomic E-state index is 0.435. The molecule has 5 nitrogen and oxygen atoms in total. The number of fused-ring (bicyclic) bond motifs is 3. The van der Waals surface area contributed by atoms with Crippen molar-refractivity contribution in [3.63, 3.8) is 0 Å². The van der Waals surface area contributed by atoms with Gasteiger partial charge in [0, 0.05) is 37.0 Å². The molecule has 0 radical (unpaired) electrons. The van der Waals surface area contributed by atoms with Crippen LogP contribution in [0.25, 0.3) is 16.7 Å². The maximum Gasteiger partial charge on any atom is 0.157 e. The largest absolute Gasteiger partial charge is 0.350 e. The fourth-order valence-electron chi connectivity index (χ4n) is 5.75. The Labute approximate surface area is 211 Å². The average molecular weight is 472 g/mol. The number of anilines is 1. The van der Waals surface area contributed by atoms with Gasteiger partial charge in [-0.25, -0.2) is 4.98 Å². The van der Waals surface area contributed by atoms with Crippen molar-refractivity contribution >= 4 is 22.5 Å². The highest BCUT2D eigenvalue weighted by atomic mass is 15.3. The van der Waals surface area contributed by atoms with Crippen molar-refractivity contribution in [3.05, 3.63) is 107 Å². The van der Waals surface area contributed by atoms with E-state index in [0.29, 0.717) is 11.6 Å². The number of imidazole rings is 1. The van der Waals surface area contributed by atoms with Gasteiger partial charge in [0.2, 0.25) is 0 Å². The third kappa shape index (κ3) is 3.89. The van der Waals surface area contributed by atoms with E-state index < -0.39 is 0 Å². The molecule has 178 valence electrons. The molecule has 5 heteroatoms. The molecule has 0 N–H and O–H groups in total. The number of nitrogens with zero attached hydrogens (tertiary/aromatic N) is 5. The summed E-state index contributed by atoms with van der Waals surface area (Å²) in [5, 5.41) is 10.3. The van der Waals surface area contributed by atoms with E-state index in [1.807, 2.05) is 24.5 Å². The molecule has 1 fully saturated rings. The Hall–Kier alpha value is -4.17. The Morgan fingerprint density at radius 3 is 2.42 bits per heavy atom. The second-order valence-electron chi connectivity index (χ2n) is 9.76. The second-order valence-corrected chi connectivity index (χ2v) is 9.76. The first-order valence-corrected chi connectivity index (χ1v) is 12.8. The number of aromatic nitrogens is 3. The van der Waals surface area contributed by atoms with Gasteiger partial charge in [-0.3, -0.25) is 9.38 Å². The van der Waals surface area contributed by atoms with Crippen LogP contribution in [0.3, 0.4) is 0 Å². The first-order chi connectivity index (χ1) is 17.7. The third-order valence-electron chi connectivity index (χ3n) is 7.57. The number of hydrogen-bond donors (Lipinski definition) is 0. The van der Waals surface area contributed by atoms with Gasteiger partial charge in [-0.2, -0.15) is 5.26 Å². The number of hydrogen-bond acceptors (Lipinski definition) is 4. The highest BCUT2D eigenvalue weighted by molar-refractivity contribution is 5.86. The number of benzene rings is 2. The molecule has 0 bridgehead atoms. The maximum absolute atomic E-state index is 10.3. The number of rotatable bonds is 6. The van der Waals surface area contributed by atoms with Crippen molar-refractivity contribution < 1.29 is 0 Å². The van der Waals surface area contributed by atoms with Gasteiger partial charge < -0.3 is 4.90 Å². The molecule has 0 saturated heterocycles. The second kappa shape index (κ2) is 9.47. The zero-order valence-electron chi connectivity index (χ0n) is 20.6. The van der Waals surface area contributed by atoms with Crippen molar-refractivity contribution in [2.24, 2.45) is 0 Å². The monoisotopic (exact) mass is 471 g/mol. The van der Waals surface area contributed by atoms with Crippen molar-refractivity contribution in [1.29, 1.82) is 5.26 Å². The highest BCUT2D eigenvalue weighted by Crippen LogP contribution is 2.38. The minimum atomic E-state index is 0.435. The van der Waals surface area contributed by atoms with Crippen molar-refractivity contribution in [2.75, 3.05) is 4.90 Å². The molecule has 5 aromatic rings. The van der Waals surface area contributed by atoms with E-state index in [1.165, 1.54) is 48.2 Å². The van der Waals surface area contributed by atoms with Gasteiger partial charge in [-0.1, -0.05) is 55.3 Å². The van der Waals surface area contributed by atoms with Crippen molar-refractivity contribution in [2.45, 2.75) is 51.6 Å². The van der Waals surface area contributed by atoms with Crippen LogP contribution in [-0.4, -0.2) is 20.4 Å². The van der Waals surface area contributed by atoms with Crippen molar-refractivity contribution in [3.8, 4) is 6.07 Å². The molecule has 3 aromatic heterocycles. The predicted octanol–water partition coefficient (Wildman–Crippen LogP) is 6.60. The molecule has 1 saturated carbocycles. The molecular weight excluding hydrogens is 442 g/mol. The molecule has 0 atom stereocenters. The van der Waals surface area contributed by atoms with E-state index in [4.69, 9.17) is 4.98 Å². The smallest absolute Gasteiger partial charge is 0.157 e. The average Bonchev–Trinajstić information content (AvgIpc) is 3.58. The molecule has 1 aliphatic rings. The van der Waals surface area contributed by atoms with Crippen molar-refractivity contribution in [1.82, 2.24) is 14.4 Å². The summed E-state index contributed by atoms with van der Waals surface area (Å²) in [4.78, 5) is 11.8. The minimum Gasteiger partial charge on any atom is -0.350 e. The Morgan fingerprint density at radius 1 is 0.944 bits per heavy atom. The molecule has 0 amide bonds. The number of pyridine rings is 2. The Bertz CT molecular complexity index is 1560. The Balaban J connectivity index is 1.68. The van der Waals surface area contributed by atoms with Gasteiger partial charge in [-0.15, -0.1) is 0 Å². The summed E-state index contributed by atoms with van der Waals surface area (Å²) >= 11 is 0. The summed E-state index contributed by atoms with van der Waals surface area (Å²) in [6, 6.07) is 26.0. The van der Waals surface area contributed by atoms with Gasteiger partial charge in [0.05, 0.1) is 16.6 Å². The zero-order valence-corrected chi connectivity index (χ0v) is 20.6. The first kappa shape index (κ1) is 22.3. The van der Waals surface area contributed by atoms with E-state index in [1.54, 1.807) is 0 Å². The standard InChI is InChI=1S/C31H29N5/c1-22-26(19-23-9-3-2-4-10-23)31(35(25-11-5-6-12-25)21-24-15-17-33-18-16-24)36-29-14-8-7-13-28(29)34-30(36)27(22)20-32/h2-4,7-10,13-18,25H,5-6,11-12,19,21H2,1H3. The van der Waals surface area contributed by atoms with Gasteiger partial charge >= 0.3 is 0 Å². The topological polar surface area (TPSA) is 57.2 Å². The fourth-order valence-corrected chi connectivity index (χ4v) is 5.75. The Morgan fingerprint density at radius 2 is 1.67 bits per heavy atom. The van der Waals surface area contributed by atoms with E-state index in [2.05, 4.69) is 81.9 Å². The molecular formula is C31H29N5. The van der Waals surface area contributed by atoms with Gasteiger partial charge in [0.15, 0.2) is 5.65 Å². The lowest BCUT2D eigenvalue weighted by Gasteiger charge is -2.35. The summed E-state index contributed by atoms with van der Waals surface area (Å²) in [6.45, 7) is 2.89. The molecule has 1 aliphatic carbocycles. The van der Waals surface area contributed by atoms with E-state index in [-0.39, 0.29) is 0 Å². The zero-order chi connectivity index (χ0) is 24.5. The summed E-state index contributed by atoms with van der Waals surface area (Å²) in [5.41, 5.74) is 8.09. The molecule has 0 unspecified atom stereocenters. The SMILES string of the molecule is Cc1c(Cc2ccccc2)c(N(Cc2ccncc2)C2CCCC2)n2c(nc3ccccc32)c1C#N. The summed E-state index contributed by atoms with van der Waals surface area (Å²) in [6.07, 6.45) is 9.34. The molecule has 6 rings (SSSR count). The van der Waals surface area contributed by atoms with Crippen LogP contribution in [-0.2, 0) is 13.0 Å². The normalized spacial score (nSPS) is 13.9. The van der Waals surface area contributed by atoms with Gasteiger partial charge in [0.25, 0.3) is 0 Å². The third-order valence-corrected chi connectivity index (χ3v) is 7.57. The van der Waals surface area contributed by atoms with E-state index >= 15 is 0 Å². The van der Waals surface area contributed by atoms with Crippen LogP contribution in [0.4, 0.5) is 5.82 Å². The Kier molecular flexibility index (Phi) is 5.87. The molecule has 3 heterocycles. The summed E-state index contributed by atoms with van der Waals surface area (Å²) in [5.74, 6) is 1.17. The van der Waals surface area contributed by atoms with Crippen LogP contribution < -0.4 is 4.90 Å². The molecule has 36 heavy (non-hydrogen) atoms. The summed E-state index contributed by atoms with van der Waals surface area (Å²) < 4.78 is 2.26. The van der Waals surface area contributed by atoms with Crippen LogP contribution in [0.5, 0.6) is 0 Å². The fraction of sp³-hybridized carbons (Fsp3) is 0.258. The quantitative estimate of drug-likeness (QED) is 0.280. The molecule has 2 aromatic carbocycles. The van der Waals surface area contributed by atoms with E-state index in [9.17, 15) is 5.26 Å². The van der Waals surface area contributed by atoms with E-state index in [0.717, 1.165) is 35.2 Å². The lowest BCUT2D eigenvalue weighted by atomic mass is 9.96. The maximum atomic E-state index is 10.3. The van der Waals surface area contributed by atoms with Crippen LogP contribution in [0.15, 0.2) is 79.1 Å². The molecule has 0 spiro atoms. The van der Waals surface area contributed by atoms with Gasteiger partial charge in [-0.05, 0) is 60.7 Å². The first-order valence-electron chi connectivity index (χ1n) is 12.8. The number of para-hydroxylation sites is 2. The molecule has 0 aliphatic heterocycles. The lowest BCUT2D eigenvalue weighted by Crippen LogP contribution is -2.35. The van der Waals surface area contributed by atoms with Crippen LogP contribution in [0, 0.1) is 18.3 Å². The van der Waals surface area contributed by atoms with Crippen LogP contribution in [0.1, 0.15) is 53.5 Å².